The molecule has 1 aliphatic rings. The molecule has 3 nitrogen and oxygen atoms in total. The molecule has 1 atom stereocenters. The van der Waals surface area contributed by atoms with Gasteiger partial charge in [0.15, 0.2) is 0 Å². The first kappa shape index (κ1) is 11.0. The number of hydrogen-bond acceptors (Lipinski definition) is 3. The van der Waals surface area contributed by atoms with Crippen LogP contribution in [0.25, 0.3) is 0 Å². The first-order valence-electron chi connectivity index (χ1n) is 5.14. The number of nitrogens with zero attached hydrogens (tertiary/aromatic N) is 3. The molecule has 0 saturated carbocycles. The average Bonchev–Trinajstić information content (AvgIpc) is 2.62. The molecule has 1 fully saturated rings. The monoisotopic (exact) mass is 191 g/mol. The molecule has 1 rings (SSSR count). The van der Waals surface area contributed by atoms with Crippen molar-refractivity contribution in [2.45, 2.75) is 39.2 Å². The number of nitriles is 2. The van der Waals surface area contributed by atoms with Gasteiger partial charge in [0.2, 0.25) is 0 Å². The van der Waals surface area contributed by atoms with E-state index < -0.39 is 0 Å². The molecule has 0 aromatic carbocycles. The highest BCUT2D eigenvalue weighted by atomic mass is 15.2. The maximum Gasteiger partial charge on any atom is 0.0978 e. The predicted molar refractivity (Wildman–Crippen MR) is 54.2 cm³/mol. The van der Waals surface area contributed by atoms with Crippen molar-refractivity contribution in [3.8, 4) is 12.1 Å². The summed E-state index contributed by atoms with van der Waals surface area (Å²) in [6.07, 6.45) is 2.95. The van der Waals surface area contributed by atoms with Gasteiger partial charge in [0.25, 0.3) is 0 Å². The molecule has 1 heterocycles. The molecule has 3 heteroatoms. The summed E-state index contributed by atoms with van der Waals surface area (Å²) >= 11 is 0. The van der Waals surface area contributed by atoms with Crippen molar-refractivity contribution in [2.75, 3.05) is 13.1 Å². The minimum Gasteiger partial charge on any atom is -0.288 e. The topological polar surface area (TPSA) is 50.8 Å². The SMILES string of the molecule is CC(C)(C#N)CCN1CCCC1C#N. The second kappa shape index (κ2) is 4.44. The lowest BCUT2D eigenvalue weighted by Crippen LogP contribution is -2.31. The van der Waals surface area contributed by atoms with Crippen LogP contribution in [0.4, 0.5) is 0 Å². The van der Waals surface area contributed by atoms with Crippen LogP contribution in [0.5, 0.6) is 0 Å². The molecular weight excluding hydrogens is 174 g/mol. The van der Waals surface area contributed by atoms with Crippen LogP contribution in [0, 0.1) is 28.1 Å². The highest BCUT2D eigenvalue weighted by Gasteiger charge is 2.26. The zero-order valence-electron chi connectivity index (χ0n) is 8.95. The molecule has 14 heavy (non-hydrogen) atoms. The quantitative estimate of drug-likeness (QED) is 0.684. The van der Waals surface area contributed by atoms with Gasteiger partial charge in [-0.25, -0.2) is 0 Å². The van der Waals surface area contributed by atoms with Gasteiger partial charge in [-0.05, 0) is 39.7 Å². The van der Waals surface area contributed by atoms with Gasteiger partial charge in [-0.2, -0.15) is 10.5 Å². The van der Waals surface area contributed by atoms with E-state index >= 15 is 0 Å². The summed E-state index contributed by atoms with van der Waals surface area (Å²) in [6.45, 7) is 5.79. The van der Waals surface area contributed by atoms with Gasteiger partial charge in [-0.15, -0.1) is 0 Å². The maximum absolute atomic E-state index is 8.87. The predicted octanol–water partition coefficient (Wildman–Crippen LogP) is 1.91. The van der Waals surface area contributed by atoms with E-state index in [2.05, 4.69) is 17.0 Å². The van der Waals surface area contributed by atoms with E-state index in [9.17, 15) is 0 Å². The molecule has 0 bridgehead atoms. The van der Waals surface area contributed by atoms with Gasteiger partial charge >= 0.3 is 0 Å². The largest absolute Gasteiger partial charge is 0.288 e. The Morgan fingerprint density at radius 3 is 2.71 bits per heavy atom. The van der Waals surface area contributed by atoms with Crippen molar-refractivity contribution in [1.29, 1.82) is 10.5 Å². The fourth-order valence-corrected chi connectivity index (χ4v) is 1.72. The van der Waals surface area contributed by atoms with Crippen molar-refractivity contribution < 1.29 is 0 Å². The first-order valence-corrected chi connectivity index (χ1v) is 5.14. The molecular formula is C11H17N3. The summed E-state index contributed by atoms with van der Waals surface area (Å²) in [4.78, 5) is 2.19. The average molecular weight is 191 g/mol. The lowest BCUT2D eigenvalue weighted by molar-refractivity contribution is 0.257. The van der Waals surface area contributed by atoms with Gasteiger partial charge in [0, 0.05) is 6.54 Å². The van der Waals surface area contributed by atoms with E-state index in [4.69, 9.17) is 10.5 Å². The summed E-state index contributed by atoms with van der Waals surface area (Å²) in [6, 6.07) is 4.69. The lowest BCUT2D eigenvalue weighted by atomic mass is 9.91. The molecule has 76 valence electrons. The second-order valence-corrected chi connectivity index (χ2v) is 4.57. The standard InChI is InChI=1S/C11H17N3/c1-11(2,9-13)5-7-14-6-3-4-10(14)8-12/h10H,3-7H2,1-2H3. The summed E-state index contributed by atoms with van der Waals surface area (Å²) in [5.41, 5.74) is -0.261. The summed E-state index contributed by atoms with van der Waals surface area (Å²) in [7, 11) is 0. The van der Waals surface area contributed by atoms with Crippen LogP contribution in [0.1, 0.15) is 33.1 Å². The Morgan fingerprint density at radius 2 is 2.14 bits per heavy atom. The van der Waals surface area contributed by atoms with Gasteiger partial charge < -0.3 is 0 Å². The highest BCUT2D eigenvalue weighted by Crippen LogP contribution is 2.23. The summed E-state index contributed by atoms with van der Waals surface area (Å²) in [5.74, 6) is 0. The van der Waals surface area contributed by atoms with Crippen LogP contribution >= 0.6 is 0 Å². The number of hydrogen-bond donors (Lipinski definition) is 0. The van der Waals surface area contributed by atoms with Gasteiger partial charge in [0.1, 0.15) is 0 Å². The minimum atomic E-state index is -0.261. The molecule has 0 N–H and O–H groups in total. The lowest BCUT2D eigenvalue weighted by Gasteiger charge is -2.23. The normalized spacial score (nSPS) is 23.0. The van der Waals surface area contributed by atoms with E-state index in [-0.39, 0.29) is 11.5 Å². The Morgan fingerprint density at radius 1 is 1.43 bits per heavy atom. The zero-order valence-corrected chi connectivity index (χ0v) is 8.95. The van der Waals surface area contributed by atoms with E-state index in [1.165, 1.54) is 0 Å². The van der Waals surface area contributed by atoms with Crippen LogP contribution in [-0.2, 0) is 0 Å². The summed E-state index contributed by atoms with van der Waals surface area (Å²) < 4.78 is 0. The van der Waals surface area contributed by atoms with E-state index in [0.29, 0.717) is 0 Å². The van der Waals surface area contributed by atoms with Crippen molar-refractivity contribution >= 4 is 0 Å². The molecule has 0 aliphatic carbocycles. The third kappa shape index (κ3) is 2.72. The van der Waals surface area contributed by atoms with Gasteiger partial charge in [-0.3, -0.25) is 4.90 Å². The van der Waals surface area contributed by atoms with E-state index in [0.717, 1.165) is 32.4 Å². The van der Waals surface area contributed by atoms with Gasteiger partial charge in [-0.1, -0.05) is 0 Å². The Balaban J connectivity index is 2.39. The van der Waals surface area contributed by atoms with E-state index in [1.54, 1.807) is 0 Å². The molecule has 1 unspecified atom stereocenters. The minimum absolute atomic E-state index is 0.0875. The highest BCUT2D eigenvalue weighted by molar-refractivity contribution is 4.98. The van der Waals surface area contributed by atoms with Crippen molar-refractivity contribution in [3.05, 3.63) is 0 Å². The van der Waals surface area contributed by atoms with Crippen LogP contribution in [0.3, 0.4) is 0 Å². The Bertz CT molecular complexity index is 269. The molecule has 0 amide bonds. The second-order valence-electron chi connectivity index (χ2n) is 4.57. The molecule has 1 saturated heterocycles. The third-order valence-corrected chi connectivity index (χ3v) is 2.84. The Labute approximate surface area is 85.9 Å². The van der Waals surface area contributed by atoms with Crippen LogP contribution in [0.2, 0.25) is 0 Å². The number of likely N-dealkylation sites (tertiary alicyclic amines) is 1. The molecule has 0 radical (unpaired) electrons. The zero-order chi connectivity index (χ0) is 10.6. The van der Waals surface area contributed by atoms with Gasteiger partial charge in [0.05, 0.1) is 23.6 Å². The van der Waals surface area contributed by atoms with Crippen molar-refractivity contribution in [3.63, 3.8) is 0 Å². The fraction of sp³-hybridized carbons (Fsp3) is 0.818. The Hall–Kier alpha value is -1.06. The molecule has 1 aliphatic heterocycles. The summed E-state index contributed by atoms with van der Waals surface area (Å²) in [5, 5.41) is 17.7. The smallest absolute Gasteiger partial charge is 0.0978 e. The van der Waals surface area contributed by atoms with Crippen molar-refractivity contribution in [1.82, 2.24) is 4.90 Å². The first-order chi connectivity index (χ1) is 6.59. The van der Waals surface area contributed by atoms with E-state index in [1.807, 2.05) is 13.8 Å². The number of rotatable bonds is 3. The van der Waals surface area contributed by atoms with Crippen LogP contribution in [-0.4, -0.2) is 24.0 Å². The fourth-order valence-electron chi connectivity index (χ4n) is 1.72. The third-order valence-electron chi connectivity index (χ3n) is 2.84. The molecule has 0 spiro atoms. The van der Waals surface area contributed by atoms with Crippen LogP contribution in [0.15, 0.2) is 0 Å². The molecule has 0 aromatic rings. The van der Waals surface area contributed by atoms with Crippen LogP contribution < -0.4 is 0 Å². The van der Waals surface area contributed by atoms with Crippen molar-refractivity contribution in [2.24, 2.45) is 5.41 Å². The maximum atomic E-state index is 8.87. The Kier molecular flexibility index (Phi) is 3.49. The molecule has 0 aromatic heterocycles.